The number of rotatable bonds is 1. The van der Waals surface area contributed by atoms with Gasteiger partial charge in [-0.3, -0.25) is 0 Å². The Bertz CT molecular complexity index is 3340. The van der Waals surface area contributed by atoms with E-state index in [2.05, 4.69) is 0 Å². The Morgan fingerprint density at radius 2 is 1.16 bits per heavy atom. The third kappa shape index (κ3) is 2.79. The van der Waals surface area contributed by atoms with Crippen LogP contribution in [0.5, 0.6) is 0 Å². The van der Waals surface area contributed by atoms with Crippen LogP contribution in [0.2, 0.25) is 0 Å². The van der Waals surface area contributed by atoms with Gasteiger partial charge in [-0.1, -0.05) is 122 Å². The zero-order valence-corrected chi connectivity index (χ0v) is 18.5. The van der Waals surface area contributed by atoms with Crippen molar-refractivity contribution in [2.45, 2.75) is 19.1 Å². The predicted octanol–water partition coefficient (Wildman–Crippen LogP) is 10.3. The smallest absolute Gasteiger partial charge is 0.0616 e. The molecule has 0 unspecified atom stereocenters. The zero-order chi connectivity index (χ0) is 47.1. The second-order valence-corrected chi connectivity index (χ2v) is 8.50. The molecule has 0 radical (unpaired) electrons. The molecular formula is C37H26. The molecule has 0 saturated heterocycles. The molecule has 7 aromatic carbocycles. The van der Waals surface area contributed by atoms with Crippen molar-refractivity contribution in [3.8, 4) is 22.3 Å². The van der Waals surface area contributed by atoms with Crippen molar-refractivity contribution >= 4 is 43.1 Å². The third-order valence-electron chi connectivity index (χ3n) is 6.50. The Hall–Kier alpha value is -4.42. The lowest BCUT2D eigenvalue weighted by Crippen LogP contribution is -2.15. The monoisotopic (exact) mass is 496 g/mol. The average molecular weight is 497 g/mol. The fourth-order valence-corrected chi connectivity index (χ4v) is 4.91. The van der Waals surface area contributed by atoms with Crippen LogP contribution in [0.1, 0.15) is 60.5 Å². The maximum atomic E-state index is 9.92. The molecule has 7 aromatic rings. The van der Waals surface area contributed by atoms with Gasteiger partial charge >= 0.3 is 0 Å². The van der Waals surface area contributed by atoms with Crippen molar-refractivity contribution in [1.82, 2.24) is 0 Å². The summed E-state index contributed by atoms with van der Waals surface area (Å²) in [5.41, 5.74) is -9.21. The van der Waals surface area contributed by atoms with Crippen LogP contribution in [0.4, 0.5) is 0 Å². The highest BCUT2D eigenvalue weighted by Crippen LogP contribution is 2.52. The molecule has 0 amide bonds. The molecule has 0 saturated carbocycles. The van der Waals surface area contributed by atoms with Crippen LogP contribution in [0.3, 0.4) is 0 Å². The molecule has 0 aliphatic heterocycles. The molecule has 0 aromatic heterocycles. The topological polar surface area (TPSA) is 0 Å². The Balaban J connectivity index is 1.77. The van der Waals surface area contributed by atoms with Crippen molar-refractivity contribution in [3.63, 3.8) is 0 Å². The molecular weight excluding hydrogens is 444 g/mol. The molecule has 1 aliphatic carbocycles. The number of benzene rings is 7. The quantitative estimate of drug-likeness (QED) is 0.157. The highest BCUT2D eigenvalue weighted by molar-refractivity contribution is 6.20. The molecule has 0 nitrogen and oxygen atoms in total. The SMILES string of the molecule is [2H]c1c([2H])c2c(c([2H])c1-c1c3c([2H])c([2H])c([2H])c([2H])c3c([2H])c3c1c([2H])c([2H])c1c([2H])c([2H])c([2H])c([2H])c13)C(C([2H])([2H])[2H])(C([2H])([2H])[2H])c1c-2c([2H])c([2H])c2c([2H])c([2H])c([2H])c([2H])c12. The van der Waals surface area contributed by atoms with Gasteiger partial charge in [0.1, 0.15) is 0 Å². The summed E-state index contributed by atoms with van der Waals surface area (Å²) in [4.78, 5) is 0. The molecule has 0 bridgehead atoms. The van der Waals surface area contributed by atoms with E-state index in [0.29, 0.717) is 0 Å². The highest BCUT2D eigenvalue weighted by atomic mass is 14.4. The summed E-state index contributed by atoms with van der Waals surface area (Å²) in [6, 6.07) is -19.2. The van der Waals surface area contributed by atoms with E-state index in [9.17, 15) is 6.85 Å². The first-order valence-corrected chi connectivity index (χ1v) is 11.0. The number of hydrogen-bond acceptors (Lipinski definition) is 0. The fourth-order valence-electron chi connectivity index (χ4n) is 4.91. The highest BCUT2D eigenvalue weighted by Gasteiger charge is 2.37. The lowest BCUT2D eigenvalue weighted by Gasteiger charge is -2.24. The second-order valence-electron chi connectivity index (χ2n) is 8.50. The van der Waals surface area contributed by atoms with Crippen molar-refractivity contribution in [1.29, 1.82) is 0 Å². The van der Waals surface area contributed by atoms with Gasteiger partial charge in [0.15, 0.2) is 0 Å². The van der Waals surface area contributed by atoms with Gasteiger partial charge in [0.2, 0.25) is 0 Å². The van der Waals surface area contributed by atoms with Gasteiger partial charge in [-0.25, -0.2) is 0 Å². The molecule has 8 rings (SSSR count). The molecule has 174 valence electrons. The van der Waals surface area contributed by atoms with Gasteiger partial charge in [0, 0.05) is 13.6 Å². The molecule has 0 fully saturated rings. The summed E-state index contributed by atoms with van der Waals surface area (Å²) < 4.78 is 232. The maximum absolute atomic E-state index is 9.92. The zero-order valence-electron chi connectivity index (χ0n) is 44.5. The molecule has 0 spiro atoms. The second kappa shape index (κ2) is 7.31. The van der Waals surface area contributed by atoms with E-state index in [0.717, 1.165) is 0 Å². The fraction of sp³-hybridized carbons (Fsp3) is 0.0811. The summed E-state index contributed by atoms with van der Waals surface area (Å²) >= 11 is 0. The predicted molar refractivity (Wildman–Crippen MR) is 159 cm³/mol. The molecule has 0 N–H and O–H groups in total. The molecule has 0 atom stereocenters. The summed E-state index contributed by atoms with van der Waals surface area (Å²) in [6.45, 7) is -7.82. The Morgan fingerprint density at radius 1 is 0.514 bits per heavy atom. The van der Waals surface area contributed by atoms with E-state index >= 15 is 0 Å². The summed E-state index contributed by atoms with van der Waals surface area (Å²) in [5.74, 6) is 0. The summed E-state index contributed by atoms with van der Waals surface area (Å²) in [6.07, 6.45) is 0. The lowest BCUT2D eigenvalue weighted by molar-refractivity contribution is 0.666. The Labute approximate surface area is 253 Å². The Kier molecular flexibility index (Phi) is 1.49. The molecule has 37 heavy (non-hydrogen) atoms. The van der Waals surface area contributed by atoms with Crippen LogP contribution in [-0.4, -0.2) is 0 Å². The van der Waals surface area contributed by atoms with Crippen LogP contribution < -0.4 is 0 Å². The molecule has 0 heteroatoms. The number of fused-ring (bicyclic) bond motifs is 9. The lowest BCUT2D eigenvalue weighted by atomic mass is 9.79. The number of hydrogen-bond donors (Lipinski definition) is 0. The van der Waals surface area contributed by atoms with Crippen LogP contribution in [-0.2, 0) is 5.41 Å². The summed E-state index contributed by atoms with van der Waals surface area (Å²) in [5, 5.41) is -5.54. The van der Waals surface area contributed by atoms with Gasteiger partial charge in [0.05, 0.1) is 27.4 Å². The summed E-state index contributed by atoms with van der Waals surface area (Å²) in [7, 11) is 0. The van der Waals surface area contributed by atoms with E-state index in [-0.39, 0.29) is 0 Å². The van der Waals surface area contributed by atoms with E-state index in [1.54, 1.807) is 0 Å². The van der Waals surface area contributed by atoms with Crippen molar-refractivity contribution < 1.29 is 35.6 Å². The normalized spacial score (nSPS) is 24.5. The average Bonchev–Trinajstić information content (AvgIpc) is 3.55. The van der Waals surface area contributed by atoms with Crippen LogP contribution in [0, 0.1) is 0 Å². The van der Waals surface area contributed by atoms with Gasteiger partial charge in [-0.2, -0.15) is 0 Å². The van der Waals surface area contributed by atoms with Crippen molar-refractivity contribution in [2.75, 3.05) is 0 Å². The first kappa shape index (κ1) is 7.55. The van der Waals surface area contributed by atoms with E-state index < -0.39 is 216 Å². The first-order chi connectivity index (χ1) is 29.0. The van der Waals surface area contributed by atoms with E-state index in [1.807, 2.05) is 0 Å². The standard InChI is InChI=1S/C37H26/c1-37(2)34-22-26(17-18-30(34)32-20-16-24-10-4-8-14-29(24)36(32)37)35-28-13-7-5-11-25(28)21-33-27-12-6-3-9-23(27)15-19-31(33)35/h3-22H,1-2H3/i1D3,2D3,3D,4D,5D,6D,7D,8D,9D,10D,11D,12D,13D,14D,15D,16D,17D,18D,19D,20D,21D,22D. The van der Waals surface area contributed by atoms with Gasteiger partial charge in [0.25, 0.3) is 0 Å². The minimum absolute atomic E-state index is 0.586. The van der Waals surface area contributed by atoms with Gasteiger partial charge in [-0.15, -0.1) is 0 Å². The van der Waals surface area contributed by atoms with E-state index in [1.165, 1.54) is 0 Å². The van der Waals surface area contributed by atoms with Crippen LogP contribution in [0.15, 0.2) is 121 Å². The first-order valence-electron chi connectivity index (χ1n) is 24.0. The maximum Gasteiger partial charge on any atom is 0.0636 e. The molecule has 1 aliphatic rings. The van der Waals surface area contributed by atoms with Crippen molar-refractivity contribution in [3.05, 3.63) is 132 Å². The third-order valence-corrected chi connectivity index (χ3v) is 6.50. The largest absolute Gasteiger partial charge is 0.0636 e. The van der Waals surface area contributed by atoms with Crippen LogP contribution in [0.25, 0.3) is 65.3 Å². The van der Waals surface area contributed by atoms with E-state index in [4.69, 9.17) is 28.8 Å². The van der Waals surface area contributed by atoms with Crippen LogP contribution >= 0.6 is 0 Å². The van der Waals surface area contributed by atoms with Gasteiger partial charge in [-0.05, 0) is 88.6 Å². The van der Waals surface area contributed by atoms with Gasteiger partial charge < -0.3 is 0 Å². The minimum atomic E-state index is -3.91. The van der Waals surface area contributed by atoms with Crippen molar-refractivity contribution in [2.24, 2.45) is 0 Å². The Morgan fingerprint density at radius 3 is 1.97 bits per heavy atom. The molecule has 0 heterocycles. The minimum Gasteiger partial charge on any atom is -0.0616 e.